The van der Waals surface area contributed by atoms with Gasteiger partial charge in [0.1, 0.15) is 0 Å². The molecule has 1 aliphatic rings. The van der Waals surface area contributed by atoms with Crippen molar-refractivity contribution in [1.29, 1.82) is 10.8 Å². The van der Waals surface area contributed by atoms with Crippen LogP contribution in [0.4, 0.5) is 0 Å². The maximum absolute atomic E-state index is 12.6. The van der Waals surface area contributed by atoms with Crippen molar-refractivity contribution in [3.8, 4) is 0 Å². The molecule has 31 heavy (non-hydrogen) atoms. The van der Waals surface area contributed by atoms with Crippen molar-refractivity contribution in [2.24, 2.45) is 5.92 Å². The zero-order valence-corrected chi connectivity index (χ0v) is 18.1. The van der Waals surface area contributed by atoms with E-state index in [1.54, 1.807) is 0 Å². The summed E-state index contributed by atoms with van der Waals surface area (Å²) in [5, 5.41) is 16.3. The van der Waals surface area contributed by atoms with Crippen molar-refractivity contribution in [2.45, 2.75) is 39.2 Å². The van der Waals surface area contributed by atoms with Gasteiger partial charge in [-0.1, -0.05) is 36.4 Å². The Balaban J connectivity index is 1.35. The third-order valence-corrected chi connectivity index (χ3v) is 6.44. The van der Waals surface area contributed by atoms with Gasteiger partial charge in [0, 0.05) is 54.4 Å². The van der Waals surface area contributed by atoms with Crippen molar-refractivity contribution in [3.05, 3.63) is 71.4 Å². The number of nitrogens with zero attached hydrogens (tertiary/aromatic N) is 2. The fourth-order valence-corrected chi connectivity index (χ4v) is 4.58. The Kier molecular flexibility index (Phi) is 6.31. The lowest BCUT2D eigenvalue weighted by atomic mass is 9.96. The number of fused-ring (bicyclic) bond motifs is 1. The Morgan fingerprint density at radius 1 is 1.10 bits per heavy atom. The van der Waals surface area contributed by atoms with E-state index in [0.29, 0.717) is 12.3 Å². The second kappa shape index (κ2) is 9.29. The lowest BCUT2D eigenvalue weighted by Gasteiger charge is -2.32. The fraction of sp³-hybridized carbons (Fsp3) is 0.346. The minimum atomic E-state index is 0.233. The predicted molar refractivity (Wildman–Crippen MR) is 126 cm³/mol. The average molecular weight is 415 g/mol. The first kappa shape index (κ1) is 21.0. The van der Waals surface area contributed by atoms with Gasteiger partial charge in [-0.2, -0.15) is 0 Å². The number of carbonyl (C=O) groups excluding carboxylic acids is 1. The maximum atomic E-state index is 12.6. The zero-order chi connectivity index (χ0) is 21.8. The molecule has 0 unspecified atom stereocenters. The molecule has 0 atom stereocenters. The molecule has 4 rings (SSSR count). The van der Waals surface area contributed by atoms with E-state index in [0.717, 1.165) is 56.1 Å². The van der Waals surface area contributed by atoms with Crippen molar-refractivity contribution in [3.63, 3.8) is 0 Å². The van der Waals surface area contributed by atoms with Crippen LogP contribution in [0, 0.1) is 23.7 Å². The first-order valence-corrected chi connectivity index (χ1v) is 11.1. The molecule has 1 fully saturated rings. The van der Waals surface area contributed by atoms with E-state index in [1.807, 2.05) is 35.2 Å². The van der Waals surface area contributed by atoms with E-state index < -0.39 is 0 Å². The molecule has 0 radical (unpaired) electrons. The van der Waals surface area contributed by atoms with Crippen LogP contribution < -0.4 is 0 Å². The third-order valence-electron chi connectivity index (χ3n) is 6.44. The van der Waals surface area contributed by atoms with E-state index >= 15 is 0 Å². The van der Waals surface area contributed by atoms with Crippen LogP contribution >= 0.6 is 0 Å². The summed E-state index contributed by atoms with van der Waals surface area (Å²) in [5.74, 6) is 0.832. The summed E-state index contributed by atoms with van der Waals surface area (Å²) in [4.78, 5) is 14.7. The monoisotopic (exact) mass is 414 g/mol. The molecule has 0 spiro atoms. The summed E-state index contributed by atoms with van der Waals surface area (Å²) in [6.07, 6.45) is 4.55. The highest BCUT2D eigenvalue weighted by atomic mass is 16.2. The molecule has 5 nitrogen and oxygen atoms in total. The predicted octanol–water partition coefficient (Wildman–Crippen LogP) is 4.84. The minimum Gasteiger partial charge on any atom is -0.345 e. The van der Waals surface area contributed by atoms with Crippen molar-refractivity contribution < 1.29 is 4.79 Å². The van der Waals surface area contributed by atoms with Crippen LogP contribution in [0.1, 0.15) is 36.1 Å². The summed E-state index contributed by atoms with van der Waals surface area (Å²) < 4.78 is 2.37. The maximum Gasteiger partial charge on any atom is 0.222 e. The lowest BCUT2D eigenvalue weighted by molar-refractivity contribution is -0.132. The molecular formula is C26H30N4O. The van der Waals surface area contributed by atoms with Crippen molar-refractivity contribution in [1.82, 2.24) is 9.47 Å². The standard InChI is InChI=1S/C26H30N4O/c1-19-15-23-16-22(24(28)17-27)8-9-25(23)30(19)18-21-11-13-29(14-12-21)26(31)10-7-20-5-3-2-4-6-20/h2-6,8-9,15-17,21,27-28H,7,10-14,18H2,1H3. The number of amides is 1. The zero-order valence-electron chi connectivity index (χ0n) is 18.1. The largest absolute Gasteiger partial charge is 0.345 e. The van der Waals surface area contributed by atoms with Crippen LogP contribution in [0.25, 0.3) is 10.9 Å². The van der Waals surface area contributed by atoms with Crippen LogP contribution in [-0.2, 0) is 17.8 Å². The van der Waals surface area contributed by atoms with Crippen LogP contribution in [0.2, 0.25) is 0 Å². The number of likely N-dealkylation sites (tertiary alicyclic amines) is 1. The lowest BCUT2D eigenvalue weighted by Crippen LogP contribution is -2.39. The second-order valence-electron chi connectivity index (χ2n) is 8.54. The van der Waals surface area contributed by atoms with Crippen molar-refractivity contribution in [2.75, 3.05) is 13.1 Å². The number of hydrogen-bond donors (Lipinski definition) is 2. The van der Waals surface area contributed by atoms with E-state index in [1.165, 1.54) is 16.8 Å². The quantitative estimate of drug-likeness (QED) is 0.534. The van der Waals surface area contributed by atoms with Crippen molar-refractivity contribution >= 4 is 28.7 Å². The molecule has 2 N–H and O–H groups in total. The van der Waals surface area contributed by atoms with E-state index in [4.69, 9.17) is 10.8 Å². The Morgan fingerprint density at radius 3 is 2.55 bits per heavy atom. The summed E-state index contributed by atoms with van der Waals surface area (Å²) in [7, 11) is 0. The van der Waals surface area contributed by atoms with Gasteiger partial charge in [-0.05, 0) is 55.9 Å². The Morgan fingerprint density at radius 2 is 1.84 bits per heavy atom. The normalized spacial score (nSPS) is 14.7. The van der Waals surface area contributed by atoms with Gasteiger partial charge >= 0.3 is 0 Å². The molecule has 1 aromatic heterocycles. The molecule has 0 aliphatic carbocycles. The summed E-state index contributed by atoms with van der Waals surface area (Å²) in [6, 6.07) is 18.4. The molecule has 3 aromatic rings. The smallest absolute Gasteiger partial charge is 0.222 e. The number of rotatable bonds is 7. The van der Waals surface area contributed by atoms with Gasteiger partial charge in [-0.25, -0.2) is 0 Å². The number of aromatic nitrogens is 1. The van der Waals surface area contributed by atoms with Gasteiger partial charge in [0.15, 0.2) is 0 Å². The van der Waals surface area contributed by atoms with Crippen LogP contribution in [0.5, 0.6) is 0 Å². The number of carbonyl (C=O) groups is 1. The number of piperidine rings is 1. The fourth-order valence-electron chi connectivity index (χ4n) is 4.58. The number of hydrogen-bond acceptors (Lipinski definition) is 3. The van der Waals surface area contributed by atoms with Gasteiger partial charge in [0.25, 0.3) is 0 Å². The molecule has 0 bridgehead atoms. The van der Waals surface area contributed by atoms with Gasteiger partial charge in [-0.15, -0.1) is 0 Å². The highest BCUT2D eigenvalue weighted by Crippen LogP contribution is 2.26. The summed E-state index contributed by atoms with van der Waals surface area (Å²) in [5.41, 5.74) is 4.63. The molecule has 1 saturated heterocycles. The SMILES string of the molecule is Cc1cc2cc(C(=N)C=N)ccc2n1CC1CCN(C(=O)CCc2ccccc2)CC1. The first-order valence-electron chi connectivity index (χ1n) is 11.1. The second-order valence-corrected chi connectivity index (χ2v) is 8.54. The van der Waals surface area contributed by atoms with Crippen LogP contribution in [0.3, 0.4) is 0 Å². The van der Waals surface area contributed by atoms with E-state index in [9.17, 15) is 4.79 Å². The van der Waals surface area contributed by atoms with E-state index in [2.05, 4.69) is 35.8 Å². The van der Waals surface area contributed by atoms with Crippen LogP contribution in [-0.4, -0.2) is 40.4 Å². The highest BCUT2D eigenvalue weighted by molar-refractivity contribution is 6.36. The number of benzene rings is 2. The van der Waals surface area contributed by atoms with Gasteiger partial charge in [0.05, 0.1) is 5.71 Å². The van der Waals surface area contributed by atoms with Gasteiger partial charge < -0.3 is 14.9 Å². The molecule has 0 saturated carbocycles. The number of nitrogens with one attached hydrogen (secondary N) is 2. The third kappa shape index (κ3) is 4.76. The molecular weight excluding hydrogens is 384 g/mol. The van der Waals surface area contributed by atoms with Crippen LogP contribution in [0.15, 0.2) is 54.6 Å². The molecule has 160 valence electrons. The molecule has 2 heterocycles. The Hall–Kier alpha value is -3.21. The molecule has 2 aromatic carbocycles. The number of aryl methyl sites for hydroxylation is 2. The molecule has 1 amide bonds. The summed E-state index contributed by atoms with van der Waals surface area (Å²) >= 11 is 0. The average Bonchev–Trinajstić information content (AvgIpc) is 3.12. The van der Waals surface area contributed by atoms with Gasteiger partial charge in [0.2, 0.25) is 5.91 Å². The highest BCUT2D eigenvalue weighted by Gasteiger charge is 2.23. The molecule has 5 heteroatoms. The minimum absolute atomic E-state index is 0.233. The molecule has 1 aliphatic heterocycles. The Bertz CT molecular complexity index is 1090. The topological polar surface area (TPSA) is 72.9 Å². The van der Waals surface area contributed by atoms with Gasteiger partial charge in [-0.3, -0.25) is 10.2 Å². The Labute approximate surface area is 183 Å². The van der Waals surface area contributed by atoms with E-state index in [-0.39, 0.29) is 11.6 Å². The first-order chi connectivity index (χ1) is 15.0. The summed E-state index contributed by atoms with van der Waals surface area (Å²) in [6.45, 7) is 4.78.